The molecule has 0 atom stereocenters. The molecular formula is C16H44N2Si4. The minimum absolute atomic E-state index is 0.402. The molecule has 0 rings (SSSR count). The summed E-state index contributed by atoms with van der Waals surface area (Å²) in [5, 5.41) is 0.803. The first-order chi connectivity index (χ1) is 9.16. The van der Waals surface area contributed by atoms with Crippen LogP contribution in [0.5, 0.6) is 0 Å². The molecule has 0 aromatic rings. The fourth-order valence-electron chi connectivity index (χ4n) is 2.25. The number of hydrogen-bond donors (Lipinski definition) is 2. The van der Waals surface area contributed by atoms with Gasteiger partial charge in [0.2, 0.25) is 0 Å². The van der Waals surface area contributed by atoms with Crippen molar-refractivity contribution >= 4 is 32.0 Å². The topological polar surface area (TPSA) is 24.1 Å². The summed E-state index contributed by atoms with van der Waals surface area (Å²) in [6, 6.07) is 0. The SMILES string of the molecule is CC(C)(C)[Si](C)(C)N[Si](C)(C)[Si](C)(C)N[Si](C)(C)C(C)(C)C. The van der Waals surface area contributed by atoms with Crippen LogP contribution in [0.15, 0.2) is 0 Å². The zero-order valence-electron chi connectivity index (χ0n) is 18.0. The first kappa shape index (κ1) is 22.8. The second-order valence-electron chi connectivity index (χ2n) is 11.2. The molecule has 0 aliphatic heterocycles. The monoisotopic (exact) mass is 376 g/mol. The Morgan fingerprint density at radius 2 is 0.636 bits per heavy atom. The molecule has 0 spiro atoms. The highest BCUT2D eigenvalue weighted by Crippen LogP contribution is 2.38. The van der Waals surface area contributed by atoms with Crippen molar-refractivity contribution in [1.82, 2.24) is 9.30 Å². The van der Waals surface area contributed by atoms with Crippen LogP contribution in [0.4, 0.5) is 0 Å². The normalized spacial score (nSPS) is 16.1. The third-order valence-electron chi connectivity index (χ3n) is 6.56. The van der Waals surface area contributed by atoms with E-state index in [1.165, 1.54) is 0 Å². The van der Waals surface area contributed by atoms with Crippen LogP contribution in [-0.4, -0.2) is 32.0 Å². The smallest absolute Gasteiger partial charge is 0.119 e. The lowest BCUT2D eigenvalue weighted by atomic mass is 10.2. The molecule has 6 heteroatoms. The van der Waals surface area contributed by atoms with Crippen molar-refractivity contribution in [2.24, 2.45) is 0 Å². The van der Waals surface area contributed by atoms with Crippen molar-refractivity contribution in [2.45, 2.75) is 104 Å². The Bertz CT molecular complexity index is 350. The Labute approximate surface area is 145 Å². The van der Waals surface area contributed by atoms with Crippen LogP contribution in [0.3, 0.4) is 0 Å². The van der Waals surface area contributed by atoms with Crippen LogP contribution in [0.25, 0.3) is 0 Å². The van der Waals surface area contributed by atoms with Gasteiger partial charge < -0.3 is 9.30 Å². The first-order valence-corrected chi connectivity index (χ1v) is 21.8. The van der Waals surface area contributed by atoms with E-state index < -0.39 is 32.0 Å². The van der Waals surface area contributed by atoms with Crippen LogP contribution in [0.1, 0.15) is 41.5 Å². The number of rotatable bonds is 5. The summed E-state index contributed by atoms with van der Waals surface area (Å²) < 4.78 is 8.57. The summed E-state index contributed by atoms with van der Waals surface area (Å²) in [5.74, 6) is 0. The minimum atomic E-state index is -1.49. The van der Waals surface area contributed by atoms with Gasteiger partial charge in [-0.3, -0.25) is 0 Å². The van der Waals surface area contributed by atoms with Gasteiger partial charge in [-0.15, -0.1) is 0 Å². The van der Waals surface area contributed by atoms with E-state index in [4.69, 9.17) is 0 Å². The average Bonchev–Trinajstić information content (AvgIpc) is 2.09. The molecule has 134 valence electrons. The Hall–Kier alpha value is 0.788. The fourth-order valence-corrected chi connectivity index (χ4v) is 31.5. The van der Waals surface area contributed by atoms with E-state index in [2.05, 4.69) is 103 Å². The maximum absolute atomic E-state index is 4.29. The summed E-state index contributed by atoms with van der Waals surface area (Å²) in [5.41, 5.74) is 0. The zero-order chi connectivity index (χ0) is 18.4. The molecule has 2 N–H and O–H groups in total. The van der Waals surface area contributed by atoms with Gasteiger partial charge in [0.25, 0.3) is 0 Å². The lowest BCUT2D eigenvalue weighted by Gasteiger charge is -2.52. The van der Waals surface area contributed by atoms with Crippen molar-refractivity contribution in [1.29, 1.82) is 0 Å². The van der Waals surface area contributed by atoms with Crippen molar-refractivity contribution in [3.05, 3.63) is 0 Å². The fraction of sp³-hybridized carbons (Fsp3) is 1.00. The van der Waals surface area contributed by atoms with E-state index >= 15 is 0 Å². The molecule has 0 aliphatic carbocycles. The molecule has 0 amide bonds. The largest absolute Gasteiger partial charge is 0.360 e. The second-order valence-corrected chi connectivity index (χ2v) is 36.8. The van der Waals surface area contributed by atoms with Gasteiger partial charge in [0.15, 0.2) is 0 Å². The molecular weight excluding hydrogens is 333 g/mol. The molecule has 0 aromatic carbocycles. The summed E-state index contributed by atoms with van der Waals surface area (Å²) in [6.45, 7) is 34.8. The van der Waals surface area contributed by atoms with Gasteiger partial charge in [0, 0.05) is 0 Å². The molecule has 0 aliphatic rings. The molecule has 0 unspecified atom stereocenters. The van der Waals surface area contributed by atoms with Gasteiger partial charge in [-0.2, -0.15) is 0 Å². The molecule has 0 saturated carbocycles. The summed E-state index contributed by atoms with van der Waals surface area (Å²) in [4.78, 5) is 0. The lowest BCUT2D eigenvalue weighted by molar-refractivity contribution is 0.708. The third kappa shape index (κ3) is 5.14. The van der Waals surface area contributed by atoms with Gasteiger partial charge in [-0.25, -0.2) is 0 Å². The summed E-state index contributed by atoms with van der Waals surface area (Å²) in [7, 11) is -5.88. The minimum Gasteiger partial charge on any atom is -0.360 e. The van der Waals surface area contributed by atoms with Gasteiger partial charge in [0.1, 0.15) is 32.0 Å². The Balaban J connectivity index is 5.44. The molecule has 0 saturated heterocycles. The van der Waals surface area contributed by atoms with Crippen LogP contribution in [0.2, 0.25) is 62.5 Å². The maximum atomic E-state index is 4.29. The molecule has 0 heterocycles. The van der Waals surface area contributed by atoms with E-state index in [1.807, 2.05) is 0 Å². The first-order valence-electron chi connectivity index (χ1n) is 8.75. The lowest BCUT2D eigenvalue weighted by Crippen LogP contribution is -2.81. The van der Waals surface area contributed by atoms with Crippen molar-refractivity contribution < 1.29 is 0 Å². The highest BCUT2D eigenvalue weighted by Gasteiger charge is 2.51. The van der Waals surface area contributed by atoms with E-state index in [0.29, 0.717) is 10.1 Å². The number of hydrogen-bond acceptors (Lipinski definition) is 2. The van der Waals surface area contributed by atoms with E-state index in [1.54, 1.807) is 0 Å². The predicted octanol–water partition coefficient (Wildman–Crippen LogP) is 5.66. The summed E-state index contributed by atoms with van der Waals surface area (Å²) in [6.07, 6.45) is 0. The molecule has 0 fully saturated rings. The van der Waals surface area contributed by atoms with E-state index in [9.17, 15) is 0 Å². The second kappa shape index (κ2) is 6.26. The Morgan fingerprint density at radius 1 is 0.455 bits per heavy atom. The molecule has 0 radical (unpaired) electrons. The van der Waals surface area contributed by atoms with Gasteiger partial charge in [-0.1, -0.05) is 93.9 Å². The van der Waals surface area contributed by atoms with Gasteiger partial charge in [-0.05, 0) is 10.1 Å². The van der Waals surface area contributed by atoms with Crippen LogP contribution < -0.4 is 9.30 Å². The van der Waals surface area contributed by atoms with Crippen LogP contribution in [0, 0.1) is 0 Å². The molecule has 0 bridgehead atoms. The highest BCUT2D eigenvalue weighted by molar-refractivity contribution is 7.42. The summed E-state index contributed by atoms with van der Waals surface area (Å²) >= 11 is 0. The average molecular weight is 377 g/mol. The molecule has 2 nitrogen and oxygen atoms in total. The Morgan fingerprint density at radius 3 is 0.773 bits per heavy atom. The number of nitrogens with one attached hydrogen (secondary N) is 2. The van der Waals surface area contributed by atoms with Gasteiger partial charge >= 0.3 is 0 Å². The highest BCUT2D eigenvalue weighted by atomic mass is 29.3. The van der Waals surface area contributed by atoms with E-state index in [0.717, 1.165) is 0 Å². The standard InChI is InChI=1S/C16H44N2Si4/c1-15(2,3)19(7,8)17-21(11,12)22(13,14)18-20(9,10)16(4,5)6/h17-18H,1-14H3. The van der Waals surface area contributed by atoms with E-state index in [-0.39, 0.29) is 0 Å². The Kier molecular flexibility index (Phi) is 6.48. The van der Waals surface area contributed by atoms with Crippen molar-refractivity contribution in [2.75, 3.05) is 0 Å². The zero-order valence-corrected chi connectivity index (χ0v) is 22.0. The van der Waals surface area contributed by atoms with Crippen molar-refractivity contribution in [3.63, 3.8) is 0 Å². The van der Waals surface area contributed by atoms with Crippen molar-refractivity contribution in [3.8, 4) is 0 Å². The predicted molar refractivity (Wildman–Crippen MR) is 116 cm³/mol. The molecule has 0 aromatic heterocycles. The quantitative estimate of drug-likeness (QED) is 0.604. The van der Waals surface area contributed by atoms with Gasteiger partial charge in [0.05, 0.1) is 0 Å². The van der Waals surface area contributed by atoms with Crippen LogP contribution >= 0.6 is 0 Å². The maximum Gasteiger partial charge on any atom is 0.119 e. The van der Waals surface area contributed by atoms with Crippen LogP contribution in [-0.2, 0) is 0 Å². The third-order valence-corrected chi connectivity index (χ3v) is 38.8. The molecule has 22 heavy (non-hydrogen) atoms.